The van der Waals surface area contributed by atoms with E-state index in [-0.39, 0.29) is 5.91 Å². The number of halogens is 2. The molecule has 0 aliphatic heterocycles. The Morgan fingerprint density at radius 1 is 1.32 bits per heavy atom. The molecule has 25 heavy (non-hydrogen) atoms. The molecule has 0 spiro atoms. The predicted octanol–water partition coefficient (Wildman–Crippen LogP) is 4.55. The molecule has 0 saturated heterocycles. The molecule has 0 aromatic heterocycles. The number of hydrazone groups is 1. The van der Waals surface area contributed by atoms with Crippen molar-refractivity contribution in [3.05, 3.63) is 63.1 Å². The molecule has 0 aliphatic rings. The lowest BCUT2D eigenvalue weighted by Gasteiger charge is -2.14. The van der Waals surface area contributed by atoms with Gasteiger partial charge < -0.3 is 4.90 Å². The SMILES string of the molecule is CN(C)c1ccc(C=NNC(=O)CSCc2cccc(Cl)c2)cc1Br. The van der Waals surface area contributed by atoms with Crippen molar-refractivity contribution in [2.24, 2.45) is 5.10 Å². The lowest BCUT2D eigenvalue weighted by molar-refractivity contribution is -0.118. The Labute approximate surface area is 165 Å². The van der Waals surface area contributed by atoms with E-state index in [1.54, 1.807) is 6.21 Å². The molecule has 2 aromatic carbocycles. The second-order valence-corrected chi connectivity index (χ2v) is 7.80. The van der Waals surface area contributed by atoms with Crippen molar-refractivity contribution in [2.45, 2.75) is 5.75 Å². The zero-order valence-electron chi connectivity index (χ0n) is 14.0. The number of rotatable bonds is 7. The van der Waals surface area contributed by atoms with Crippen molar-refractivity contribution >= 4 is 57.1 Å². The lowest BCUT2D eigenvalue weighted by Crippen LogP contribution is -2.19. The summed E-state index contributed by atoms with van der Waals surface area (Å²) in [5.41, 5.74) is 5.63. The first-order valence-electron chi connectivity index (χ1n) is 7.56. The number of anilines is 1. The minimum atomic E-state index is -0.132. The Kier molecular flexibility index (Phi) is 7.81. The summed E-state index contributed by atoms with van der Waals surface area (Å²) in [4.78, 5) is 13.8. The molecule has 0 bridgehead atoms. The van der Waals surface area contributed by atoms with Gasteiger partial charge in [-0.2, -0.15) is 5.10 Å². The van der Waals surface area contributed by atoms with Crippen molar-refractivity contribution in [1.29, 1.82) is 0 Å². The van der Waals surface area contributed by atoms with Gasteiger partial charge in [0.25, 0.3) is 0 Å². The van der Waals surface area contributed by atoms with E-state index < -0.39 is 0 Å². The van der Waals surface area contributed by atoms with Gasteiger partial charge in [-0.3, -0.25) is 4.79 Å². The van der Waals surface area contributed by atoms with E-state index in [9.17, 15) is 4.79 Å². The van der Waals surface area contributed by atoms with Crippen LogP contribution in [-0.4, -0.2) is 32.0 Å². The van der Waals surface area contributed by atoms with Gasteiger partial charge in [-0.05, 0) is 51.3 Å². The molecule has 2 aromatic rings. The molecule has 0 unspecified atom stereocenters. The first-order valence-corrected chi connectivity index (χ1v) is 9.89. The highest BCUT2D eigenvalue weighted by atomic mass is 79.9. The topological polar surface area (TPSA) is 44.7 Å². The van der Waals surface area contributed by atoms with Gasteiger partial charge in [-0.15, -0.1) is 11.8 Å². The van der Waals surface area contributed by atoms with Crippen molar-refractivity contribution in [2.75, 3.05) is 24.7 Å². The fraction of sp³-hybridized carbons (Fsp3) is 0.222. The largest absolute Gasteiger partial charge is 0.377 e. The maximum absolute atomic E-state index is 11.8. The van der Waals surface area contributed by atoms with Crippen molar-refractivity contribution < 1.29 is 4.79 Å². The number of nitrogens with zero attached hydrogens (tertiary/aromatic N) is 2. The Bertz CT molecular complexity index is 768. The number of carbonyl (C=O) groups excluding carboxylic acids is 1. The van der Waals surface area contributed by atoms with Crippen LogP contribution in [0, 0.1) is 0 Å². The molecule has 0 atom stereocenters. The molecule has 0 saturated carbocycles. The minimum absolute atomic E-state index is 0.132. The fourth-order valence-corrected chi connectivity index (χ4v) is 3.80. The Morgan fingerprint density at radius 3 is 2.80 bits per heavy atom. The molecule has 7 heteroatoms. The molecular weight excluding hydrogens is 422 g/mol. The summed E-state index contributed by atoms with van der Waals surface area (Å²) in [6.07, 6.45) is 1.63. The Morgan fingerprint density at radius 2 is 2.12 bits per heavy atom. The van der Waals surface area contributed by atoms with Gasteiger partial charge >= 0.3 is 0 Å². The zero-order valence-corrected chi connectivity index (χ0v) is 17.2. The monoisotopic (exact) mass is 439 g/mol. The number of nitrogens with one attached hydrogen (secondary N) is 1. The smallest absolute Gasteiger partial charge is 0.250 e. The number of carbonyl (C=O) groups is 1. The molecule has 0 radical (unpaired) electrons. The van der Waals surface area contributed by atoms with Gasteiger partial charge in [0.2, 0.25) is 5.91 Å². The molecule has 0 fully saturated rings. The van der Waals surface area contributed by atoms with Crippen molar-refractivity contribution in [3.63, 3.8) is 0 Å². The summed E-state index contributed by atoms with van der Waals surface area (Å²) in [7, 11) is 3.96. The van der Waals surface area contributed by atoms with Crippen LogP contribution in [0.4, 0.5) is 5.69 Å². The first kappa shape index (κ1) is 19.8. The van der Waals surface area contributed by atoms with E-state index in [4.69, 9.17) is 11.6 Å². The van der Waals surface area contributed by atoms with Gasteiger partial charge in [0.15, 0.2) is 0 Å². The highest BCUT2D eigenvalue weighted by Crippen LogP contribution is 2.25. The third kappa shape index (κ3) is 6.72. The summed E-state index contributed by atoms with van der Waals surface area (Å²) in [5, 5.41) is 4.71. The zero-order chi connectivity index (χ0) is 18.2. The highest BCUT2D eigenvalue weighted by Gasteiger charge is 2.03. The molecular formula is C18H19BrClN3OS. The van der Waals surface area contributed by atoms with Gasteiger partial charge in [0, 0.05) is 29.3 Å². The summed E-state index contributed by atoms with van der Waals surface area (Å²) in [6, 6.07) is 13.5. The van der Waals surface area contributed by atoms with E-state index >= 15 is 0 Å². The van der Waals surface area contributed by atoms with Crippen LogP contribution in [0.15, 0.2) is 52.0 Å². The van der Waals surface area contributed by atoms with E-state index in [0.717, 1.165) is 27.0 Å². The Hall–Kier alpha value is -1.50. The van der Waals surface area contributed by atoms with E-state index in [1.807, 2.05) is 61.5 Å². The van der Waals surface area contributed by atoms with Crippen molar-refractivity contribution in [3.8, 4) is 0 Å². The summed E-state index contributed by atoms with van der Waals surface area (Å²) in [5.74, 6) is 0.941. The van der Waals surface area contributed by atoms with Gasteiger partial charge in [0.05, 0.1) is 17.7 Å². The van der Waals surface area contributed by atoms with Crippen LogP contribution in [0.25, 0.3) is 0 Å². The van der Waals surface area contributed by atoms with Gasteiger partial charge in [-0.25, -0.2) is 5.43 Å². The predicted molar refractivity (Wildman–Crippen MR) is 112 cm³/mol. The van der Waals surface area contributed by atoms with Crippen LogP contribution in [0.1, 0.15) is 11.1 Å². The number of amides is 1. The maximum atomic E-state index is 11.8. The normalized spacial score (nSPS) is 10.9. The molecule has 1 amide bonds. The molecule has 2 rings (SSSR count). The van der Waals surface area contributed by atoms with E-state index in [0.29, 0.717) is 10.8 Å². The highest BCUT2D eigenvalue weighted by molar-refractivity contribution is 9.10. The summed E-state index contributed by atoms with van der Waals surface area (Å²) < 4.78 is 0.977. The lowest BCUT2D eigenvalue weighted by atomic mass is 10.2. The third-order valence-electron chi connectivity index (χ3n) is 3.25. The number of benzene rings is 2. The molecule has 1 N–H and O–H groups in total. The van der Waals surface area contributed by atoms with Crippen LogP contribution in [0.5, 0.6) is 0 Å². The average molecular weight is 441 g/mol. The first-order chi connectivity index (χ1) is 12.0. The maximum Gasteiger partial charge on any atom is 0.250 e. The molecule has 0 aliphatic carbocycles. The standard InChI is InChI=1S/C18H19BrClN3OS/c1-23(2)17-7-6-13(9-16(17)19)10-21-22-18(24)12-25-11-14-4-3-5-15(20)8-14/h3-10H,11-12H2,1-2H3,(H,22,24). The quantitative estimate of drug-likeness (QED) is 0.507. The second kappa shape index (κ2) is 9.85. The number of thioether (sulfide) groups is 1. The van der Waals surface area contributed by atoms with E-state index in [2.05, 4.69) is 26.5 Å². The van der Waals surface area contributed by atoms with Crippen molar-refractivity contribution in [1.82, 2.24) is 5.43 Å². The number of hydrogen-bond acceptors (Lipinski definition) is 4. The van der Waals surface area contributed by atoms with Crippen LogP contribution in [0.3, 0.4) is 0 Å². The number of hydrogen-bond donors (Lipinski definition) is 1. The van der Waals surface area contributed by atoms with E-state index in [1.165, 1.54) is 11.8 Å². The molecule has 0 heterocycles. The summed E-state index contributed by atoms with van der Waals surface area (Å²) in [6.45, 7) is 0. The van der Waals surface area contributed by atoms with Crippen LogP contribution < -0.4 is 10.3 Å². The second-order valence-electron chi connectivity index (χ2n) is 5.52. The molecule has 4 nitrogen and oxygen atoms in total. The third-order valence-corrected chi connectivity index (χ3v) is 5.12. The molecule has 132 valence electrons. The van der Waals surface area contributed by atoms with Crippen LogP contribution >= 0.6 is 39.3 Å². The summed E-state index contributed by atoms with van der Waals surface area (Å²) >= 11 is 11.0. The van der Waals surface area contributed by atoms with Gasteiger partial charge in [-0.1, -0.05) is 29.8 Å². The van der Waals surface area contributed by atoms with Gasteiger partial charge in [0.1, 0.15) is 0 Å². The fourth-order valence-electron chi connectivity index (χ4n) is 2.07. The minimum Gasteiger partial charge on any atom is -0.377 e. The van der Waals surface area contributed by atoms with Crippen LogP contribution in [-0.2, 0) is 10.5 Å². The Balaban J connectivity index is 1.77. The average Bonchev–Trinajstić information content (AvgIpc) is 2.54. The van der Waals surface area contributed by atoms with Crippen LogP contribution in [0.2, 0.25) is 5.02 Å².